The molecule has 0 unspecified atom stereocenters. The highest BCUT2D eigenvalue weighted by atomic mass is 32.1. The summed E-state index contributed by atoms with van der Waals surface area (Å²) in [4.78, 5) is 19.3. The van der Waals surface area contributed by atoms with E-state index in [1.54, 1.807) is 11.3 Å². The summed E-state index contributed by atoms with van der Waals surface area (Å²) in [6.45, 7) is 3.77. The molecule has 1 N–H and O–H groups in total. The van der Waals surface area contributed by atoms with Gasteiger partial charge in [-0.25, -0.2) is 9.78 Å². The number of aromatic nitrogens is 3. The maximum atomic E-state index is 11.7. The number of nitrogens with one attached hydrogen (secondary N) is 1. The molecule has 2 aromatic heterocycles. The van der Waals surface area contributed by atoms with Gasteiger partial charge in [0.1, 0.15) is 5.82 Å². The molecule has 3 rings (SSSR count). The normalized spacial score (nSPS) is 22.6. The maximum absolute atomic E-state index is 11.7. The van der Waals surface area contributed by atoms with Gasteiger partial charge in [0.2, 0.25) is 0 Å². The molecule has 1 aliphatic heterocycles. The van der Waals surface area contributed by atoms with E-state index in [9.17, 15) is 4.79 Å². The monoisotopic (exact) mass is 322 g/mol. The highest BCUT2D eigenvalue weighted by Crippen LogP contribution is 2.21. The molecule has 0 bridgehead atoms. The Morgan fingerprint density at radius 1 is 1.59 bits per heavy atom. The van der Waals surface area contributed by atoms with E-state index in [0.717, 1.165) is 17.2 Å². The van der Waals surface area contributed by atoms with Crippen LogP contribution in [0.15, 0.2) is 17.5 Å². The van der Waals surface area contributed by atoms with Gasteiger partial charge in [-0.2, -0.15) is 5.10 Å². The van der Waals surface area contributed by atoms with Crippen LogP contribution in [0.5, 0.6) is 0 Å². The highest BCUT2D eigenvalue weighted by molar-refractivity contribution is 7.13. The van der Waals surface area contributed by atoms with Crippen LogP contribution in [0.25, 0.3) is 10.7 Å². The minimum absolute atomic E-state index is 0.0301. The van der Waals surface area contributed by atoms with Crippen LogP contribution in [0.2, 0.25) is 0 Å². The summed E-state index contributed by atoms with van der Waals surface area (Å²) in [6.07, 6.45) is -0.578. The van der Waals surface area contributed by atoms with Gasteiger partial charge in [-0.05, 0) is 18.4 Å². The summed E-state index contributed by atoms with van der Waals surface area (Å²) in [5.41, 5.74) is 0. The lowest BCUT2D eigenvalue weighted by Gasteiger charge is -2.34. The van der Waals surface area contributed by atoms with Gasteiger partial charge in [0, 0.05) is 13.1 Å². The number of carbonyl (C=O) groups excluding carboxylic acids is 1. The molecule has 0 saturated carbocycles. The molecule has 2 atom stereocenters. The fraction of sp³-hybridized carbons (Fsp3) is 0.500. The minimum Gasteiger partial charge on any atom is -0.467 e. The smallest absolute Gasteiger partial charge is 0.336 e. The summed E-state index contributed by atoms with van der Waals surface area (Å²) in [6, 6.07) is 3.96. The second kappa shape index (κ2) is 6.55. The van der Waals surface area contributed by atoms with Gasteiger partial charge in [0.25, 0.3) is 0 Å². The first-order valence-corrected chi connectivity index (χ1v) is 7.94. The van der Waals surface area contributed by atoms with E-state index in [1.165, 1.54) is 7.11 Å². The van der Waals surface area contributed by atoms with Gasteiger partial charge in [-0.3, -0.25) is 10.00 Å². The average Bonchev–Trinajstić information content (AvgIpc) is 3.16. The van der Waals surface area contributed by atoms with E-state index in [2.05, 4.69) is 20.1 Å². The molecule has 0 aliphatic carbocycles. The van der Waals surface area contributed by atoms with Crippen molar-refractivity contribution in [1.82, 2.24) is 20.1 Å². The van der Waals surface area contributed by atoms with Crippen molar-refractivity contribution >= 4 is 17.3 Å². The third-order valence-corrected chi connectivity index (χ3v) is 4.31. The number of morpholine rings is 1. The quantitative estimate of drug-likeness (QED) is 0.855. The maximum Gasteiger partial charge on any atom is 0.336 e. The summed E-state index contributed by atoms with van der Waals surface area (Å²) in [7, 11) is 1.37. The summed E-state index contributed by atoms with van der Waals surface area (Å²) in [5, 5.41) is 9.20. The molecule has 0 radical (unpaired) electrons. The molecular weight excluding hydrogens is 304 g/mol. The number of hydrogen-bond donors (Lipinski definition) is 1. The molecule has 22 heavy (non-hydrogen) atoms. The molecule has 118 valence electrons. The average molecular weight is 322 g/mol. The van der Waals surface area contributed by atoms with Crippen LogP contribution >= 0.6 is 11.3 Å². The van der Waals surface area contributed by atoms with Crippen LogP contribution in [-0.2, 0) is 20.8 Å². The summed E-state index contributed by atoms with van der Waals surface area (Å²) >= 11 is 1.60. The zero-order valence-electron chi connectivity index (χ0n) is 12.5. The number of methoxy groups -OCH3 is 1. The number of thiophene rings is 1. The number of hydrogen-bond acceptors (Lipinski definition) is 7. The predicted octanol–water partition coefficient (Wildman–Crippen LogP) is 1.30. The second-order valence-electron chi connectivity index (χ2n) is 5.24. The van der Waals surface area contributed by atoms with Crippen LogP contribution in [0, 0.1) is 0 Å². The Hall–Kier alpha value is -1.77. The first-order valence-electron chi connectivity index (χ1n) is 7.06. The number of H-pyrrole nitrogens is 1. The zero-order valence-corrected chi connectivity index (χ0v) is 13.3. The molecule has 0 amide bonds. The number of ether oxygens (including phenoxy) is 2. The SMILES string of the molecule is COC(=O)[C@H]1CN(Cc2nc(-c3cccs3)n[nH]2)C[C@@H](C)O1. The van der Waals surface area contributed by atoms with Gasteiger partial charge in [0.05, 0.1) is 24.6 Å². The van der Waals surface area contributed by atoms with Crippen LogP contribution in [0.4, 0.5) is 0 Å². The lowest BCUT2D eigenvalue weighted by atomic mass is 10.2. The van der Waals surface area contributed by atoms with Crippen molar-refractivity contribution in [1.29, 1.82) is 0 Å². The van der Waals surface area contributed by atoms with Crippen molar-refractivity contribution in [2.24, 2.45) is 0 Å². The highest BCUT2D eigenvalue weighted by Gasteiger charge is 2.31. The topological polar surface area (TPSA) is 80.3 Å². The van der Waals surface area contributed by atoms with Gasteiger partial charge in [-0.1, -0.05) is 6.07 Å². The largest absolute Gasteiger partial charge is 0.467 e. The van der Waals surface area contributed by atoms with Crippen molar-refractivity contribution < 1.29 is 14.3 Å². The second-order valence-corrected chi connectivity index (χ2v) is 6.18. The Morgan fingerprint density at radius 2 is 2.45 bits per heavy atom. The number of rotatable bonds is 4. The summed E-state index contributed by atoms with van der Waals surface area (Å²) in [5.74, 6) is 1.14. The van der Waals surface area contributed by atoms with Crippen LogP contribution < -0.4 is 0 Å². The predicted molar refractivity (Wildman–Crippen MR) is 81.3 cm³/mol. The molecule has 0 spiro atoms. The van der Waals surface area contributed by atoms with Crippen molar-refractivity contribution in [2.45, 2.75) is 25.7 Å². The molecule has 0 aromatic carbocycles. The van der Waals surface area contributed by atoms with Crippen LogP contribution in [0.1, 0.15) is 12.7 Å². The minimum atomic E-state index is -0.548. The Morgan fingerprint density at radius 3 is 3.18 bits per heavy atom. The Labute approximate surface area is 132 Å². The van der Waals surface area contributed by atoms with Crippen molar-refractivity contribution in [3.63, 3.8) is 0 Å². The van der Waals surface area contributed by atoms with E-state index >= 15 is 0 Å². The molecule has 2 aromatic rings. The van der Waals surface area contributed by atoms with Crippen LogP contribution in [-0.4, -0.2) is 58.5 Å². The zero-order chi connectivity index (χ0) is 15.5. The standard InChI is InChI=1S/C14H18N4O3S/c1-9-6-18(7-10(21-9)14(19)20-2)8-12-15-13(17-16-12)11-4-3-5-22-11/h3-5,9-10H,6-8H2,1-2H3,(H,15,16,17)/t9-,10-/m1/s1. The van der Waals surface area contributed by atoms with E-state index in [1.807, 2.05) is 24.4 Å². The fourth-order valence-electron chi connectivity index (χ4n) is 2.52. The number of carbonyl (C=O) groups is 1. The third kappa shape index (κ3) is 3.34. The molecule has 8 heteroatoms. The lowest BCUT2D eigenvalue weighted by Crippen LogP contribution is -2.49. The lowest BCUT2D eigenvalue weighted by molar-refractivity contribution is -0.166. The first kappa shape index (κ1) is 15.1. The van der Waals surface area contributed by atoms with Gasteiger partial charge >= 0.3 is 5.97 Å². The van der Waals surface area contributed by atoms with Gasteiger partial charge in [-0.15, -0.1) is 11.3 Å². The molecule has 1 aliphatic rings. The molecule has 3 heterocycles. The van der Waals surface area contributed by atoms with Crippen molar-refractivity contribution in [3.8, 4) is 10.7 Å². The summed E-state index contributed by atoms with van der Waals surface area (Å²) < 4.78 is 10.4. The van der Waals surface area contributed by atoms with E-state index in [4.69, 9.17) is 9.47 Å². The van der Waals surface area contributed by atoms with E-state index in [0.29, 0.717) is 18.9 Å². The Kier molecular flexibility index (Phi) is 4.51. The van der Waals surface area contributed by atoms with Gasteiger partial charge in [0.15, 0.2) is 11.9 Å². The third-order valence-electron chi connectivity index (χ3n) is 3.45. The Balaban J connectivity index is 1.66. The van der Waals surface area contributed by atoms with E-state index < -0.39 is 6.10 Å². The molecular formula is C14H18N4O3S. The van der Waals surface area contributed by atoms with Crippen molar-refractivity contribution in [3.05, 3.63) is 23.3 Å². The number of nitrogens with zero attached hydrogens (tertiary/aromatic N) is 3. The first-order chi connectivity index (χ1) is 10.7. The fourth-order valence-corrected chi connectivity index (χ4v) is 3.18. The van der Waals surface area contributed by atoms with Gasteiger partial charge < -0.3 is 9.47 Å². The molecule has 7 nitrogen and oxygen atoms in total. The molecule has 1 saturated heterocycles. The number of aromatic amines is 1. The number of esters is 1. The Bertz CT molecular complexity index is 628. The van der Waals surface area contributed by atoms with Crippen molar-refractivity contribution in [2.75, 3.05) is 20.2 Å². The molecule has 1 fully saturated rings. The van der Waals surface area contributed by atoms with E-state index in [-0.39, 0.29) is 12.1 Å². The van der Waals surface area contributed by atoms with Crippen LogP contribution in [0.3, 0.4) is 0 Å².